The summed E-state index contributed by atoms with van der Waals surface area (Å²) in [7, 11) is 0. The van der Waals surface area contributed by atoms with Gasteiger partial charge in [0, 0.05) is 30.6 Å². The van der Waals surface area contributed by atoms with Gasteiger partial charge >= 0.3 is 0 Å². The fourth-order valence-corrected chi connectivity index (χ4v) is 3.16. The molecule has 10 heteroatoms. The molecule has 27 heavy (non-hydrogen) atoms. The molecule has 0 unspecified atom stereocenters. The molecular formula is C17H21ClF2N6O. The number of benzene rings is 1. The summed E-state index contributed by atoms with van der Waals surface area (Å²) in [4.78, 5) is 12.1. The third-order valence-corrected chi connectivity index (χ3v) is 4.59. The molecule has 0 bridgehead atoms. The number of nitrogens with one attached hydrogen (secondary N) is 2. The molecule has 0 radical (unpaired) electrons. The lowest BCUT2D eigenvalue weighted by molar-refractivity contribution is -0.123. The van der Waals surface area contributed by atoms with Crippen molar-refractivity contribution in [1.29, 1.82) is 0 Å². The molecule has 146 valence electrons. The van der Waals surface area contributed by atoms with Gasteiger partial charge in [0.05, 0.1) is 16.6 Å². The predicted octanol–water partition coefficient (Wildman–Crippen LogP) is 2.20. The van der Waals surface area contributed by atoms with Crippen LogP contribution in [0.25, 0.3) is 11.4 Å². The van der Waals surface area contributed by atoms with Gasteiger partial charge in [0.25, 0.3) is 0 Å². The first-order chi connectivity index (χ1) is 12.7. The Bertz CT molecular complexity index is 850. The second-order valence-corrected chi connectivity index (χ2v) is 7.94. The summed E-state index contributed by atoms with van der Waals surface area (Å²) in [6.45, 7) is 5.87. The predicted molar refractivity (Wildman–Crippen MR) is 96.4 cm³/mol. The Hall–Kier alpha value is -2.13. The normalized spacial score (nSPS) is 20.1. The van der Waals surface area contributed by atoms with E-state index in [-0.39, 0.29) is 41.5 Å². The molecule has 1 aromatic heterocycles. The third kappa shape index (κ3) is 4.24. The van der Waals surface area contributed by atoms with Crippen LogP contribution in [0.2, 0.25) is 5.02 Å². The van der Waals surface area contributed by atoms with Gasteiger partial charge in [0.15, 0.2) is 5.82 Å². The van der Waals surface area contributed by atoms with E-state index in [1.165, 1.54) is 6.07 Å². The number of aromatic nitrogens is 4. The lowest BCUT2D eigenvalue weighted by Gasteiger charge is -2.20. The van der Waals surface area contributed by atoms with Gasteiger partial charge in [-0.05, 0) is 43.3 Å². The number of rotatable bonds is 4. The zero-order valence-electron chi connectivity index (χ0n) is 15.3. The van der Waals surface area contributed by atoms with E-state index in [4.69, 9.17) is 11.6 Å². The second kappa shape index (κ2) is 7.47. The van der Waals surface area contributed by atoms with E-state index in [1.54, 1.807) is 10.7 Å². The number of carbonyl (C=O) groups excluding carboxylic acids is 1. The maximum Gasteiger partial charge on any atom is 0.237 e. The topological polar surface area (TPSA) is 84.7 Å². The number of amides is 1. The first-order valence-corrected chi connectivity index (χ1v) is 8.97. The molecule has 0 saturated carbocycles. The Balaban J connectivity index is 1.83. The molecule has 0 spiro atoms. The van der Waals surface area contributed by atoms with Crippen molar-refractivity contribution >= 4 is 17.5 Å². The highest BCUT2D eigenvalue weighted by Gasteiger charge is 2.29. The summed E-state index contributed by atoms with van der Waals surface area (Å²) in [6, 6.07) is 2.38. The Kier molecular flexibility index (Phi) is 5.43. The van der Waals surface area contributed by atoms with Gasteiger partial charge < -0.3 is 10.6 Å². The van der Waals surface area contributed by atoms with Crippen molar-refractivity contribution in [1.82, 2.24) is 30.8 Å². The number of nitrogens with zero attached hydrogens (tertiary/aromatic N) is 4. The molecular weight excluding hydrogens is 378 g/mol. The van der Waals surface area contributed by atoms with Gasteiger partial charge in [-0.2, -0.15) is 0 Å². The maximum absolute atomic E-state index is 14.4. The van der Waals surface area contributed by atoms with Crippen LogP contribution in [-0.2, 0) is 16.9 Å². The quantitative estimate of drug-likeness (QED) is 0.824. The van der Waals surface area contributed by atoms with E-state index in [0.29, 0.717) is 11.4 Å². The molecule has 1 fully saturated rings. The van der Waals surface area contributed by atoms with Crippen molar-refractivity contribution in [2.75, 3.05) is 6.54 Å². The summed E-state index contributed by atoms with van der Waals surface area (Å²) in [5.41, 5.74) is 0.350. The van der Waals surface area contributed by atoms with Crippen LogP contribution in [-0.4, -0.2) is 44.9 Å². The van der Waals surface area contributed by atoms with Crippen molar-refractivity contribution in [2.45, 2.75) is 51.5 Å². The Morgan fingerprint density at radius 1 is 1.44 bits per heavy atom. The summed E-state index contributed by atoms with van der Waals surface area (Å²) < 4.78 is 29.3. The molecule has 3 rings (SSSR count). The minimum atomic E-state index is -1.05. The minimum Gasteiger partial charge on any atom is -0.351 e. The van der Waals surface area contributed by atoms with Crippen LogP contribution in [0.5, 0.6) is 0 Å². The number of hydrogen-bond acceptors (Lipinski definition) is 5. The van der Waals surface area contributed by atoms with Crippen LogP contribution < -0.4 is 10.6 Å². The maximum atomic E-state index is 14.4. The molecule has 2 aromatic rings. The van der Waals surface area contributed by atoms with Gasteiger partial charge in [-0.25, -0.2) is 13.5 Å². The van der Waals surface area contributed by atoms with Gasteiger partial charge in [0.2, 0.25) is 5.91 Å². The van der Waals surface area contributed by atoms with E-state index in [0.717, 1.165) is 0 Å². The van der Waals surface area contributed by atoms with Crippen LogP contribution in [0.15, 0.2) is 12.1 Å². The summed E-state index contributed by atoms with van der Waals surface area (Å²) in [6.07, 6.45) is -0.943. The number of alkyl halides is 1. The minimum absolute atomic E-state index is 0.0789. The zero-order chi connectivity index (χ0) is 19.8. The molecule has 2 N–H and O–H groups in total. The SMILES string of the molecule is CC(C)(C)n1nnnc1-c1cc(Cl)c(F)c(CNC(=O)[C@@H]2C[C@@H](F)CN2)c1. The Labute approximate surface area is 160 Å². The Morgan fingerprint density at radius 3 is 2.81 bits per heavy atom. The van der Waals surface area contributed by atoms with Gasteiger partial charge in [0.1, 0.15) is 12.0 Å². The number of halogens is 3. The van der Waals surface area contributed by atoms with E-state index in [9.17, 15) is 13.6 Å². The van der Waals surface area contributed by atoms with Gasteiger partial charge in [-0.1, -0.05) is 11.6 Å². The van der Waals surface area contributed by atoms with E-state index >= 15 is 0 Å². The summed E-state index contributed by atoms with van der Waals surface area (Å²) in [5, 5.41) is 17.0. The molecule has 7 nitrogen and oxygen atoms in total. The fraction of sp³-hybridized carbons (Fsp3) is 0.529. The highest BCUT2D eigenvalue weighted by atomic mass is 35.5. The largest absolute Gasteiger partial charge is 0.351 e. The second-order valence-electron chi connectivity index (χ2n) is 7.53. The van der Waals surface area contributed by atoms with Crippen LogP contribution in [0.1, 0.15) is 32.8 Å². The first-order valence-electron chi connectivity index (χ1n) is 8.59. The smallest absolute Gasteiger partial charge is 0.237 e. The first kappa shape index (κ1) is 19.6. The molecule has 0 aliphatic carbocycles. The average Bonchev–Trinajstić information content (AvgIpc) is 3.24. The lowest BCUT2D eigenvalue weighted by atomic mass is 10.1. The zero-order valence-corrected chi connectivity index (χ0v) is 16.0. The van der Waals surface area contributed by atoms with E-state index in [1.807, 2.05) is 20.8 Å². The third-order valence-electron chi connectivity index (χ3n) is 4.31. The van der Waals surface area contributed by atoms with Crippen molar-refractivity contribution in [3.63, 3.8) is 0 Å². The molecule has 2 atom stereocenters. The average molecular weight is 399 g/mol. The fourth-order valence-electron chi connectivity index (χ4n) is 2.92. The Morgan fingerprint density at radius 2 is 2.19 bits per heavy atom. The van der Waals surface area contributed by atoms with Gasteiger partial charge in [-0.3, -0.25) is 4.79 Å². The molecule has 1 aliphatic rings. The monoisotopic (exact) mass is 398 g/mol. The molecule has 1 aliphatic heterocycles. The number of hydrogen-bond donors (Lipinski definition) is 2. The molecule has 1 amide bonds. The van der Waals surface area contributed by atoms with Crippen molar-refractivity contribution in [3.8, 4) is 11.4 Å². The lowest BCUT2D eigenvalue weighted by Crippen LogP contribution is -2.40. The highest BCUT2D eigenvalue weighted by molar-refractivity contribution is 6.31. The summed E-state index contributed by atoms with van der Waals surface area (Å²) in [5.74, 6) is -0.566. The standard InChI is InChI=1S/C17H21ClF2N6O/c1-17(2,3)26-15(23-24-25-26)9-4-10(14(20)12(18)5-9)7-22-16(27)13-6-11(19)8-21-13/h4-5,11,13,21H,6-8H2,1-3H3,(H,22,27)/t11-,13+/m1/s1. The summed E-state index contributed by atoms with van der Waals surface area (Å²) >= 11 is 6.04. The highest BCUT2D eigenvalue weighted by Crippen LogP contribution is 2.29. The van der Waals surface area contributed by atoms with Crippen molar-refractivity contribution in [3.05, 3.63) is 28.5 Å². The van der Waals surface area contributed by atoms with Crippen molar-refractivity contribution < 1.29 is 13.6 Å². The van der Waals surface area contributed by atoms with Crippen LogP contribution in [0.4, 0.5) is 8.78 Å². The molecule has 1 saturated heterocycles. The van der Waals surface area contributed by atoms with Crippen LogP contribution >= 0.6 is 11.6 Å². The van der Waals surface area contributed by atoms with E-state index < -0.39 is 18.0 Å². The number of tetrazole rings is 1. The van der Waals surface area contributed by atoms with Crippen LogP contribution in [0.3, 0.4) is 0 Å². The van der Waals surface area contributed by atoms with Crippen molar-refractivity contribution in [2.24, 2.45) is 0 Å². The van der Waals surface area contributed by atoms with Crippen LogP contribution in [0, 0.1) is 5.82 Å². The molecule has 2 heterocycles. The van der Waals surface area contributed by atoms with Gasteiger partial charge in [-0.15, -0.1) is 5.10 Å². The number of carbonyl (C=O) groups is 1. The molecule has 1 aromatic carbocycles. The van der Waals surface area contributed by atoms with E-state index in [2.05, 4.69) is 26.2 Å².